The highest BCUT2D eigenvalue weighted by Gasteiger charge is 2.00. The Kier molecular flexibility index (Phi) is 2.50. The Morgan fingerprint density at radius 1 is 1.56 bits per heavy atom. The molecule has 0 unspecified atom stereocenters. The van der Waals surface area contributed by atoms with Crippen molar-refractivity contribution in [1.82, 2.24) is 4.90 Å². The van der Waals surface area contributed by atoms with Crippen LogP contribution < -0.4 is 11.5 Å². The third-order valence-electron chi connectivity index (χ3n) is 0.934. The van der Waals surface area contributed by atoms with Crippen molar-refractivity contribution in [3.8, 4) is 0 Å². The van der Waals surface area contributed by atoms with Crippen molar-refractivity contribution in [2.24, 2.45) is 16.5 Å². The molecule has 5 N–H and O–H groups in total. The summed E-state index contributed by atoms with van der Waals surface area (Å²) in [5.74, 6) is 0.126. The molecule has 0 spiro atoms. The summed E-state index contributed by atoms with van der Waals surface area (Å²) in [6.07, 6.45) is 0. The van der Waals surface area contributed by atoms with E-state index in [1.165, 1.54) is 11.9 Å². The number of nitrogens with two attached hydrogens (primary N) is 2. The van der Waals surface area contributed by atoms with Gasteiger partial charge in [-0.05, 0) is 0 Å². The lowest BCUT2D eigenvalue weighted by atomic mass is 10.7. The van der Waals surface area contributed by atoms with E-state index >= 15 is 0 Å². The van der Waals surface area contributed by atoms with Crippen LogP contribution in [0.25, 0.3) is 0 Å². The maximum atomic E-state index is 6.88. The first-order chi connectivity index (χ1) is 4.09. The van der Waals surface area contributed by atoms with Gasteiger partial charge in [-0.15, -0.1) is 0 Å². The first-order valence-electron chi connectivity index (χ1n) is 2.39. The predicted molar refractivity (Wildman–Crippen MR) is 37.2 cm³/mol. The predicted octanol–water partition coefficient (Wildman–Crippen LogP) is -1.24. The van der Waals surface area contributed by atoms with Crippen LogP contribution in [0.5, 0.6) is 0 Å². The summed E-state index contributed by atoms with van der Waals surface area (Å²) in [5, 5.41) is 6.88. The third kappa shape index (κ3) is 1.98. The molecule has 0 rings (SSSR count). The largest absolute Gasteiger partial charge is 0.370 e. The number of aliphatic imine (C=N–C) groups is 1. The monoisotopic (exact) mass is 129 g/mol. The Bertz CT molecular complexity index is 138. The molecule has 0 aliphatic carbocycles. The maximum absolute atomic E-state index is 6.88. The zero-order valence-electron chi connectivity index (χ0n) is 5.55. The van der Waals surface area contributed by atoms with E-state index in [-0.39, 0.29) is 11.9 Å². The van der Waals surface area contributed by atoms with E-state index in [9.17, 15) is 0 Å². The van der Waals surface area contributed by atoms with Crippen molar-refractivity contribution < 1.29 is 0 Å². The highest BCUT2D eigenvalue weighted by Crippen LogP contribution is 1.76. The second kappa shape index (κ2) is 2.91. The second-order valence-electron chi connectivity index (χ2n) is 1.53. The van der Waals surface area contributed by atoms with Crippen molar-refractivity contribution in [2.45, 2.75) is 0 Å². The van der Waals surface area contributed by atoms with Gasteiger partial charge < -0.3 is 11.5 Å². The minimum Gasteiger partial charge on any atom is -0.370 e. The quantitative estimate of drug-likeness (QED) is 0.282. The normalized spacial score (nSPS) is 11.1. The van der Waals surface area contributed by atoms with E-state index in [2.05, 4.69) is 4.99 Å². The Labute approximate surface area is 53.9 Å². The second-order valence-corrected chi connectivity index (χ2v) is 1.53. The van der Waals surface area contributed by atoms with Crippen LogP contribution in [-0.2, 0) is 0 Å². The molecule has 5 heteroatoms. The Morgan fingerprint density at radius 3 is 2.11 bits per heavy atom. The van der Waals surface area contributed by atoms with Crippen LogP contribution in [0.4, 0.5) is 0 Å². The molecule has 0 saturated heterocycles. The lowest BCUT2D eigenvalue weighted by Gasteiger charge is -2.13. The summed E-state index contributed by atoms with van der Waals surface area (Å²) in [4.78, 5) is 4.89. The average Bonchev–Trinajstić information content (AvgIpc) is 1.84. The van der Waals surface area contributed by atoms with Gasteiger partial charge in [-0.2, -0.15) is 0 Å². The average molecular weight is 129 g/mol. The van der Waals surface area contributed by atoms with Gasteiger partial charge in [0, 0.05) is 14.1 Å². The molecule has 5 nitrogen and oxygen atoms in total. The van der Waals surface area contributed by atoms with Gasteiger partial charge in [0.15, 0.2) is 11.9 Å². The van der Waals surface area contributed by atoms with E-state index in [4.69, 9.17) is 16.9 Å². The molecular weight excluding hydrogens is 118 g/mol. The number of hydrogen-bond acceptors (Lipinski definition) is 2. The SMILES string of the molecule is C/N=C(\N)N(C)C(=N)N. The summed E-state index contributed by atoms with van der Waals surface area (Å²) in [6.45, 7) is 0. The van der Waals surface area contributed by atoms with E-state index in [0.717, 1.165) is 0 Å². The van der Waals surface area contributed by atoms with Crippen molar-refractivity contribution in [3.05, 3.63) is 0 Å². The molecule has 0 saturated carbocycles. The minimum atomic E-state index is -0.113. The van der Waals surface area contributed by atoms with Gasteiger partial charge in [-0.1, -0.05) is 0 Å². The third-order valence-corrected chi connectivity index (χ3v) is 0.934. The van der Waals surface area contributed by atoms with Crippen LogP contribution in [0, 0.1) is 5.41 Å². The fourth-order valence-corrected chi connectivity index (χ4v) is 0.273. The van der Waals surface area contributed by atoms with Crippen molar-refractivity contribution in [2.75, 3.05) is 14.1 Å². The number of nitrogens with one attached hydrogen (secondary N) is 1. The summed E-state index contributed by atoms with van der Waals surface area (Å²) in [7, 11) is 3.11. The van der Waals surface area contributed by atoms with Gasteiger partial charge in [0.1, 0.15) is 0 Å². The molecule has 52 valence electrons. The molecule has 0 radical (unpaired) electrons. The molecule has 9 heavy (non-hydrogen) atoms. The van der Waals surface area contributed by atoms with E-state index in [1.807, 2.05) is 0 Å². The summed E-state index contributed by atoms with van der Waals surface area (Å²) in [5.41, 5.74) is 10.3. The fourth-order valence-electron chi connectivity index (χ4n) is 0.273. The molecule has 0 aromatic carbocycles. The van der Waals surface area contributed by atoms with Gasteiger partial charge in [-0.3, -0.25) is 15.3 Å². The lowest BCUT2D eigenvalue weighted by Crippen LogP contribution is -2.42. The van der Waals surface area contributed by atoms with Crippen LogP contribution in [0.1, 0.15) is 0 Å². The fraction of sp³-hybridized carbons (Fsp3) is 0.500. The molecule has 0 atom stereocenters. The van der Waals surface area contributed by atoms with Crippen LogP contribution in [0.15, 0.2) is 4.99 Å². The van der Waals surface area contributed by atoms with Crippen molar-refractivity contribution in [3.63, 3.8) is 0 Å². The smallest absolute Gasteiger partial charge is 0.197 e. The Morgan fingerprint density at radius 2 is 2.00 bits per heavy atom. The minimum absolute atomic E-state index is 0.113. The molecule has 0 aromatic heterocycles. The molecule has 0 aliphatic rings. The Balaban J connectivity index is 4.04. The molecule has 0 bridgehead atoms. The first-order valence-corrected chi connectivity index (χ1v) is 2.39. The molecule has 0 aromatic rings. The highest BCUT2D eigenvalue weighted by atomic mass is 15.3. The lowest BCUT2D eigenvalue weighted by molar-refractivity contribution is 0.721. The molecule has 0 aliphatic heterocycles. The topological polar surface area (TPSA) is 91.5 Å². The van der Waals surface area contributed by atoms with Gasteiger partial charge in [0.2, 0.25) is 0 Å². The zero-order valence-corrected chi connectivity index (χ0v) is 5.55. The molecule has 0 fully saturated rings. The van der Waals surface area contributed by atoms with Crippen LogP contribution in [0.2, 0.25) is 0 Å². The van der Waals surface area contributed by atoms with Gasteiger partial charge in [0.25, 0.3) is 0 Å². The number of nitrogens with zero attached hydrogens (tertiary/aromatic N) is 2. The molecule has 0 heterocycles. The van der Waals surface area contributed by atoms with Crippen molar-refractivity contribution >= 4 is 11.9 Å². The van der Waals surface area contributed by atoms with E-state index in [0.29, 0.717) is 0 Å². The van der Waals surface area contributed by atoms with Crippen LogP contribution in [-0.4, -0.2) is 30.9 Å². The van der Waals surface area contributed by atoms with Gasteiger partial charge >= 0.3 is 0 Å². The van der Waals surface area contributed by atoms with Crippen molar-refractivity contribution in [1.29, 1.82) is 5.41 Å². The zero-order chi connectivity index (χ0) is 7.44. The standard InChI is InChI=1S/C4H11N5/c1-8-4(7)9(2)3(5)6/h1-2H3,(H3,5,6)(H2,7,8). The number of hydrogen-bond donors (Lipinski definition) is 3. The highest BCUT2D eigenvalue weighted by molar-refractivity contribution is 5.95. The number of guanidine groups is 2. The summed E-state index contributed by atoms with van der Waals surface area (Å²) < 4.78 is 0. The number of rotatable bonds is 0. The van der Waals surface area contributed by atoms with Crippen LogP contribution >= 0.6 is 0 Å². The van der Waals surface area contributed by atoms with Gasteiger partial charge in [0.05, 0.1) is 0 Å². The molecular formula is C4H11N5. The molecule has 0 amide bonds. The van der Waals surface area contributed by atoms with E-state index in [1.54, 1.807) is 7.05 Å². The van der Waals surface area contributed by atoms with E-state index < -0.39 is 0 Å². The summed E-state index contributed by atoms with van der Waals surface area (Å²) >= 11 is 0. The van der Waals surface area contributed by atoms with Crippen LogP contribution in [0.3, 0.4) is 0 Å². The Hall–Kier alpha value is -1.26. The first kappa shape index (κ1) is 7.74. The summed E-state index contributed by atoms with van der Waals surface area (Å²) in [6, 6.07) is 0. The maximum Gasteiger partial charge on any atom is 0.197 e. The van der Waals surface area contributed by atoms with Gasteiger partial charge in [-0.25, -0.2) is 0 Å².